The second kappa shape index (κ2) is 4.76. The summed E-state index contributed by atoms with van der Waals surface area (Å²) in [5.74, 6) is 0.359. The smallest absolute Gasteiger partial charge is 0.290 e. The molecule has 0 atom stereocenters. The molecule has 7 heteroatoms. The number of aromatic amines is 1. The van der Waals surface area contributed by atoms with Gasteiger partial charge in [-0.25, -0.2) is 9.50 Å². The highest BCUT2D eigenvalue weighted by Gasteiger charge is 2.32. The van der Waals surface area contributed by atoms with Crippen LogP contribution in [0, 0.1) is 0 Å². The van der Waals surface area contributed by atoms with Gasteiger partial charge in [0.1, 0.15) is 5.82 Å². The molecule has 0 amide bonds. The van der Waals surface area contributed by atoms with Crippen LogP contribution in [0.2, 0.25) is 0 Å². The van der Waals surface area contributed by atoms with Crippen molar-refractivity contribution in [3.05, 3.63) is 69.8 Å². The molecule has 0 spiro atoms. The van der Waals surface area contributed by atoms with Crippen LogP contribution in [0.3, 0.4) is 0 Å². The van der Waals surface area contributed by atoms with Gasteiger partial charge in [0.2, 0.25) is 0 Å². The number of alkyl halides is 3. The molecule has 0 saturated heterocycles. The van der Waals surface area contributed by atoms with Crippen LogP contribution in [0.1, 0.15) is 17.0 Å². The van der Waals surface area contributed by atoms with Crippen LogP contribution in [0.15, 0.2) is 47.4 Å². The summed E-state index contributed by atoms with van der Waals surface area (Å²) in [4.78, 5) is 15.4. The van der Waals surface area contributed by atoms with Crippen molar-refractivity contribution < 1.29 is 13.2 Å². The number of H-pyrrole nitrogens is 1. The first kappa shape index (κ1) is 13.4. The number of hydrogen-bond donors (Lipinski definition) is 1. The molecule has 1 N–H and O–H groups in total. The van der Waals surface area contributed by atoms with E-state index < -0.39 is 11.7 Å². The minimum absolute atomic E-state index is 0.00551. The summed E-state index contributed by atoms with van der Waals surface area (Å²) >= 11 is 0. The normalized spacial score (nSPS) is 12.0. The number of halogens is 3. The number of aromatic nitrogens is 3. The maximum absolute atomic E-state index is 12.9. The molecule has 3 aromatic rings. The van der Waals surface area contributed by atoms with Crippen LogP contribution in [0.25, 0.3) is 5.65 Å². The Hall–Kier alpha value is -2.57. The monoisotopic (exact) mass is 293 g/mol. The molecule has 1 aromatic carbocycles. The van der Waals surface area contributed by atoms with Crippen molar-refractivity contribution in [1.29, 1.82) is 0 Å². The largest absolute Gasteiger partial charge is 0.416 e. The molecule has 21 heavy (non-hydrogen) atoms. The van der Waals surface area contributed by atoms with Gasteiger partial charge in [-0.15, -0.1) is 0 Å². The first-order valence-corrected chi connectivity index (χ1v) is 6.16. The summed E-state index contributed by atoms with van der Waals surface area (Å²) in [5, 5.41) is 2.85. The quantitative estimate of drug-likeness (QED) is 0.789. The first-order valence-electron chi connectivity index (χ1n) is 6.16. The second-order valence-electron chi connectivity index (χ2n) is 4.59. The number of benzene rings is 1. The van der Waals surface area contributed by atoms with Crippen molar-refractivity contribution >= 4 is 5.65 Å². The van der Waals surface area contributed by atoms with Crippen LogP contribution in [-0.4, -0.2) is 14.6 Å². The Balaban J connectivity index is 2.01. The van der Waals surface area contributed by atoms with Crippen molar-refractivity contribution in [3.8, 4) is 0 Å². The zero-order chi connectivity index (χ0) is 15.0. The molecule has 0 saturated carbocycles. The molecular formula is C14H10F3N3O. The average Bonchev–Trinajstić information content (AvgIpc) is 2.79. The van der Waals surface area contributed by atoms with Crippen molar-refractivity contribution in [2.45, 2.75) is 12.6 Å². The summed E-state index contributed by atoms with van der Waals surface area (Å²) < 4.78 is 40.3. The van der Waals surface area contributed by atoms with E-state index >= 15 is 0 Å². The number of hydrogen-bond acceptors (Lipinski definition) is 2. The number of nitrogens with zero attached hydrogens (tertiary/aromatic N) is 2. The Morgan fingerprint density at radius 1 is 1.19 bits per heavy atom. The number of pyridine rings is 1. The van der Waals surface area contributed by atoms with Crippen LogP contribution < -0.4 is 5.43 Å². The lowest BCUT2D eigenvalue weighted by Gasteiger charge is -2.11. The minimum atomic E-state index is -4.40. The Labute approximate surface area is 116 Å². The predicted molar refractivity (Wildman–Crippen MR) is 70.1 cm³/mol. The van der Waals surface area contributed by atoms with Gasteiger partial charge in [0.15, 0.2) is 11.1 Å². The molecule has 0 fully saturated rings. The van der Waals surface area contributed by atoms with E-state index in [4.69, 9.17) is 0 Å². The molecule has 0 aliphatic heterocycles. The van der Waals surface area contributed by atoms with E-state index in [1.165, 1.54) is 35.0 Å². The van der Waals surface area contributed by atoms with E-state index in [-0.39, 0.29) is 17.4 Å². The van der Waals surface area contributed by atoms with Crippen LogP contribution >= 0.6 is 0 Å². The lowest BCUT2D eigenvalue weighted by molar-refractivity contribution is -0.138. The zero-order valence-electron chi connectivity index (χ0n) is 10.7. The molecule has 2 heterocycles. The molecular weight excluding hydrogens is 283 g/mol. The van der Waals surface area contributed by atoms with Gasteiger partial charge < -0.3 is 0 Å². The van der Waals surface area contributed by atoms with Crippen molar-refractivity contribution in [3.63, 3.8) is 0 Å². The van der Waals surface area contributed by atoms with Crippen LogP contribution in [0.4, 0.5) is 13.2 Å². The van der Waals surface area contributed by atoms with Gasteiger partial charge in [0.05, 0.1) is 5.56 Å². The predicted octanol–water partition coefficient (Wildman–Crippen LogP) is 2.63. The number of nitrogens with one attached hydrogen (secondary N) is 1. The van der Waals surface area contributed by atoms with E-state index in [1.54, 1.807) is 6.07 Å². The van der Waals surface area contributed by atoms with Gasteiger partial charge >= 0.3 is 6.18 Å². The fourth-order valence-corrected chi connectivity index (χ4v) is 2.16. The third kappa shape index (κ3) is 2.67. The van der Waals surface area contributed by atoms with Gasteiger partial charge in [0.25, 0.3) is 0 Å². The topological polar surface area (TPSA) is 50.2 Å². The van der Waals surface area contributed by atoms with E-state index in [1.807, 2.05) is 0 Å². The highest BCUT2D eigenvalue weighted by Crippen LogP contribution is 2.32. The van der Waals surface area contributed by atoms with Gasteiger partial charge in [-0.3, -0.25) is 9.89 Å². The molecule has 0 aliphatic carbocycles. The Bertz CT molecular complexity index is 848. The molecule has 0 unspecified atom stereocenters. The number of rotatable bonds is 2. The van der Waals surface area contributed by atoms with Crippen molar-refractivity contribution in [2.75, 3.05) is 0 Å². The summed E-state index contributed by atoms with van der Waals surface area (Å²) in [6.07, 6.45) is -2.91. The Morgan fingerprint density at radius 2 is 1.95 bits per heavy atom. The van der Waals surface area contributed by atoms with E-state index in [9.17, 15) is 18.0 Å². The van der Waals surface area contributed by atoms with Gasteiger partial charge in [0, 0.05) is 24.8 Å². The summed E-state index contributed by atoms with van der Waals surface area (Å²) in [6, 6.07) is 8.02. The molecule has 4 nitrogen and oxygen atoms in total. The fraction of sp³-hybridized carbons (Fsp3) is 0.143. The maximum atomic E-state index is 12.9. The van der Waals surface area contributed by atoms with Gasteiger partial charge in [-0.05, 0) is 11.6 Å². The van der Waals surface area contributed by atoms with Crippen molar-refractivity contribution in [2.24, 2.45) is 0 Å². The average molecular weight is 293 g/mol. The molecule has 3 rings (SSSR count). The standard InChI is InChI=1S/C14H10F3N3O/c15-14(16,17)11-4-2-1-3-9(11)7-12-18-13-8-10(21)5-6-20(13)19-12/h1-6,8H,7H2,(H,18,19). The summed E-state index contributed by atoms with van der Waals surface area (Å²) in [7, 11) is 0. The van der Waals surface area contributed by atoms with E-state index in [0.717, 1.165) is 6.07 Å². The SMILES string of the molecule is O=c1ccn2[nH]c(Cc3ccccc3C(F)(F)F)nc2c1. The molecule has 0 bridgehead atoms. The van der Waals surface area contributed by atoms with E-state index in [2.05, 4.69) is 10.1 Å². The minimum Gasteiger partial charge on any atom is -0.290 e. The van der Waals surface area contributed by atoms with Gasteiger partial charge in [-0.2, -0.15) is 13.2 Å². The maximum Gasteiger partial charge on any atom is 0.416 e. The fourth-order valence-electron chi connectivity index (χ4n) is 2.16. The Kier molecular flexibility index (Phi) is 3.04. The highest BCUT2D eigenvalue weighted by molar-refractivity contribution is 5.38. The molecule has 108 valence electrons. The summed E-state index contributed by atoms with van der Waals surface area (Å²) in [5.41, 5.74) is -0.377. The molecule has 2 aromatic heterocycles. The Morgan fingerprint density at radius 3 is 2.71 bits per heavy atom. The third-order valence-electron chi connectivity index (χ3n) is 3.09. The van der Waals surface area contributed by atoms with Crippen LogP contribution in [-0.2, 0) is 12.6 Å². The number of fused-ring (bicyclic) bond motifs is 1. The van der Waals surface area contributed by atoms with Crippen molar-refractivity contribution in [1.82, 2.24) is 14.6 Å². The first-order chi connectivity index (χ1) is 9.93. The molecule has 0 radical (unpaired) electrons. The highest BCUT2D eigenvalue weighted by atomic mass is 19.4. The third-order valence-corrected chi connectivity index (χ3v) is 3.09. The lowest BCUT2D eigenvalue weighted by Crippen LogP contribution is -2.09. The lowest BCUT2D eigenvalue weighted by atomic mass is 10.0. The van der Waals surface area contributed by atoms with E-state index in [0.29, 0.717) is 11.5 Å². The molecule has 0 aliphatic rings. The second-order valence-corrected chi connectivity index (χ2v) is 4.59. The van der Waals surface area contributed by atoms with Crippen LogP contribution in [0.5, 0.6) is 0 Å². The zero-order valence-corrected chi connectivity index (χ0v) is 10.7. The summed E-state index contributed by atoms with van der Waals surface area (Å²) in [6.45, 7) is 0. The van der Waals surface area contributed by atoms with Gasteiger partial charge in [-0.1, -0.05) is 18.2 Å².